The van der Waals surface area contributed by atoms with Crippen LogP contribution in [0.4, 0.5) is 0 Å². The van der Waals surface area contributed by atoms with Gasteiger partial charge in [0.05, 0.1) is 6.61 Å². The van der Waals surface area contributed by atoms with Crippen molar-refractivity contribution in [3.05, 3.63) is 29.8 Å². The van der Waals surface area contributed by atoms with Crippen molar-refractivity contribution in [1.82, 2.24) is 5.32 Å². The van der Waals surface area contributed by atoms with E-state index in [1.165, 1.54) is 31.2 Å². The van der Waals surface area contributed by atoms with E-state index in [0.717, 1.165) is 36.8 Å². The third kappa shape index (κ3) is 2.54. The van der Waals surface area contributed by atoms with Gasteiger partial charge in [-0.05, 0) is 55.7 Å². The minimum absolute atomic E-state index is 0.739. The van der Waals surface area contributed by atoms with Crippen LogP contribution in [0.5, 0.6) is 5.75 Å². The molecule has 98 valence electrons. The smallest absolute Gasteiger partial charge is 0.119 e. The SMILES string of the molecule is CCOc1ccc(CNC2CC3CCC2C3)cc1. The highest BCUT2D eigenvalue weighted by Gasteiger charge is 2.38. The van der Waals surface area contributed by atoms with E-state index in [1.807, 2.05) is 6.92 Å². The zero-order valence-corrected chi connectivity index (χ0v) is 11.2. The molecule has 3 rings (SSSR count). The Morgan fingerprint density at radius 3 is 2.61 bits per heavy atom. The van der Waals surface area contributed by atoms with Crippen LogP contribution in [0.25, 0.3) is 0 Å². The van der Waals surface area contributed by atoms with E-state index in [9.17, 15) is 0 Å². The number of nitrogens with one attached hydrogen (secondary N) is 1. The number of rotatable bonds is 5. The summed E-state index contributed by atoms with van der Waals surface area (Å²) in [6.45, 7) is 3.76. The highest BCUT2D eigenvalue weighted by molar-refractivity contribution is 5.27. The molecule has 0 aliphatic heterocycles. The molecule has 0 aromatic heterocycles. The van der Waals surface area contributed by atoms with E-state index in [2.05, 4.69) is 29.6 Å². The van der Waals surface area contributed by atoms with Gasteiger partial charge in [0.25, 0.3) is 0 Å². The van der Waals surface area contributed by atoms with Crippen LogP contribution in [0.15, 0.2) is 24.3 Å². The van der Waals surface area contributed by atoms with Crippen LogP contribution >= 0.6 is 0 Å². The van der Waals surface area contributed by atoms with Gasteiger partial charge in [-0.1, -0.05) is 18.6 Å². The van der Waals surface area contributed by atoms with Crippen LogP contribution in [-0.2, 0) is 6.54 Å². The normalized spacial score (nSPS) is 29.7. The van der Waals surface area contributed by atoms with E-state index < -0.39 is 0 Å². The van der Waals surface area contributed by atoms with Gasteiger partial charge in [0.2, 0.25) is 0 Å². The quantitative estimate of drug-likeness (QED) is 0.859. The molecule has 0 spiro atoms. The Labute approximate surface area is 110 Å². The first-order valence-electron chi connectivity index (χ1n) is 7.30. The largest absolute Gasteiger partial charge is 0.494 e. The maximum Gasteiger partial charge on any atom is 0.119 e. The summed E-state index contributed by atoms with van der Waals surface area (Å²) in [4.78, 5) is 0. The first-order valence-corrected chi connectivity index (χ1v) is 7.30. The van der Waals surface area contributed by atoms with E-state index in [4.69, 9.17) is 4.74 Å². The standard InChI is InChI=1S/C16H23NO/c1-2-18-15-7-4-12(5-8-15)11-17-16-10-13-3-6-14(16)9-13/h4-5,7-8,13-14,16-17H,2-3,6,9-11H2,1H3. The molecular weight excluding hydrogens is 222 g/mol. The van der Waals surface area contributed by atoms with E-state index in [-0.39, 0.29) is 0 Å². The van der Waals surface area contributed by atoms with Crippen molar-refractivity contribution >= 4 is 0 Å². The summed E-state index contributed by atoms with van der Waals surface area (Å²) >= 11 is 0. The van der Waals surface area contributed by atoms with Gasteiger partial charge in [0, 0.05) is 12.6 Å². The second-order valence-electron chi connectivity index (χ2n) is 5.74. The van der Waals surface area contributed by atoms with Crippen molar-refractivity contribution in [2.24, 2.45) is 11.8 Å². The molecule has 1 aromatic carbocycles. The summed E-state index contributed by atoms with van der Waals surface area (Å²) < 4.78 is 5.46. The van der Waals surface area contributed by atoms with Crippen molar-refractivity contribution in [3.8, 4) is 5.75 Å². The Morgan fingerprint density at radius 1 is 1.17 bits per heavy atom. The van der Waals surface area contributed by atoms with Crippen LogP contribution in [0.2, 0.25) is 0 Å². The molecule has 0 saturated heterocycles. The molecule has 2 fully saturated rings. The van der Waals surface area contributed by atoms with Gasteiger partial charge >= 0.3 is 0 Å². The molecular formula is C16H23NO. The zero-order chi connectivity index (χ0) is 12.4. The van der Waals surface area contributed by atoms with Crippen LogP contribution in [-0.4, -0.2) is 12.6 Å². The molecule has 18 heavy (non-hydrogen) atoms. The third-order valence-electron chi connectivity index (χ3n) is 4.54. The summed E-state index contributed by atoms with van der Waals surface area (Å²) in [5.74, 6) is 2.95. The fourth-order valence-corrected chi connectivity index (χ4v) is 3.61. The zero-order valence-electron chi connectivity index (χ0n) is 11.2. The summed E-state index contributed by atoms with van der Waals surface area (Å²) in [6.07, 6.45) is 5.81. The Hall–Kier alpha value is -1.02. The highest BCUT2D eigenvalue weighted by Crippen LogP contribution is 2.44. The molecule has 3 atom stereocenters. The van der Waals surface area contributed by atoms with E-state index in [1.54, 1.807) is 0 Å². The predicted octanol–water partition coefficient (Wildman–Crippen LogP) is 3.36. The van der Waals surface area contributed by atoms with E-state index >= 15 is 0 Å². The summed E-state index contributed by atoms with van der Waals surface area (Å²) in [7, 11) is 0. The lowest BCUT2D eigenvalue weighted by Gasteiger charge is -2.23. The molecule has 2 aliphatic carbocycles. The van der Waals surface area contributed by atoms with Crippen molar-refractivity contribution in [2.75, 3.05) is 6.61 Å². The number of hydrogen-bond acceptors (Lipinski definition) is 2. The molecule has 0 heterocycles. The first kappa shape index (κ1) is 12.0. The molecule has 1 N–H and O–H groups in total. The molecule has 2 nitrogen and oxygen atoms in total. The van der Waals surface area contributed by atoms with Crippen molar-refractivity contribution in [2.45, 2.75) is 45.2 Å². The molecule has 3 unspecified atom stereocenters. The Morgan fingerprint density at radius 2 is 2.00 bits per heavy atom. The maximum absolute atomic E-state index is 5.46. The second kappa shape index (κ2) is 5.31. The topological polar surface area (TPSA) is 21.3 Å². The molecule has 2 bridgehead atoms. The molecule has 1 aromatic rings. The maximum atomic E-state index is 5.46. The predicted molar refractivity (Wildman–Crippen MR) is 73.7 cm³/mol. The van der Waals surface area contributed by atoms with Crippen LogP contribution in [0.3, 0.4) is 0 Å². The summed E-state index contributed by atoms with van der Waals surface area (Å²) in [5.41, 5.74) is 1.36. The van der Waals surface area contributed by atoms with E-state index in [0.29, 0.717) is 0 Å². The Balaban J connectivity index is 1.50. The average Bonchev–Trinajstić information content (AvgIpc) is 3.00. The Kier molecular flexibility index (Phi) is 3.55. The molecule has 2 heteroatoms. The lowest BCUT2D eigenvalue weighted by molar-refractivity contribution is 0.339. The minimum atomic E-state index is 0.739. The molecule has 2 aliphatic rings. The number of benzene rings is 1. The van der Waals surface area contributed by atoms with Crippen molar-refractivity contribution < 1.29 is 4.74 Å². The van der Waals surface area contributed by atoms with Crippen LogP contribution in [0, 0.1) is 11.8 Å². The number of hydrogen-bond donors (Lipinski definition) is 1. The first-order chi connectivity index (χ1) is 8.85. The molecule has 0 radical (unpaired) electrons. The minimum Gasteiger partial charge on any atom is -0.494 e. The number of fused-ring (bicyclic) bond motifs is 2. The van der Waals surface area contributed by atoms with Crippen LogP contribution in [0.1, 0.15) is 38.2 Å². The fraction of sp³-hybridized carbons (Fsp3) is 0.625. The average molecular weight is 245 g/mol. The van der Waals surface area contributed by atoms with Gasteiger partial charge in [-0.3, -0.25) is 0 Å². The highest BCUT2D eigenvalue weighted by atomic mass is 16.5. The Bertz CT molecular complexity index is 387. The number of ether oxygens (including phenoxy) is 1. The second-order valence-corrected chi connectivity index (χ2v) is 5.74. The van der Waals surface area contributed by atoms with Gasteiger partial charge in [0.15, 0.2) is 0 Å². The third-order valence-corrected chi connectivity index (χ3v) is 4.54. The van der Waals surface area contributed by atoms with Crippen molar-refractivity contribution in [3.63, 3.8) is 0 Å². The lowest BCUT2D eigenvalue weighted by atomic mass is 9.95. The summed E-state index contributed by atoms with van der Waals surface area (Å²) in [6, 6.07) is 9.26. The van der Waals surface area contributed by atoms with Crippen LogP contribution < -0.4 is 10.1 Å². The van der Waals surface area contributed by atoms with Crippen molar-refractivity contribution in [1.29, 1.82) is 0 Å². The van der Waals surface area contributed by atoms with Gasteiger partial charge in [0.1, 0.15) is 5.75 Å². The van der Waals surface area contributed by atoms with Gasteiger partial charge in [-0.15, -0.1) is 0 Å². The summed E-state index contributed by atoms with van der Waals surface area (Å²) in [5, 5.41) is 3.74. The molecule has 2 saturated carbocycles. The lowest BCUT2D eigenvalue weighted by Crippen LogP contribution is -2.33. The van der Waals surface area contributed by atoms with Gasteiger partial charge in [-0.25, -0.2) is 0 Å². The molecule has 0 amide bonds. The van der Waals surface area contributed by atoms with Gasteiger partial charge < -0.3 is 10.1 Å². The fourth-order valence-electron chi connectivity index (χ4n) is 3.61. The monoisotopic (exact) mass is 245 g/mol. The van der Waals surface area contributed by atoms with Gasteiger partial charge in [-0.2, -0.15) is 0 Å².